The van der Waals surface area contributed by atoms with Gasteiger partial charge in [0.15, 0.2) is 5.43 Å². The van der Waals surface area contributed by atoms with Crippen molar-refractivity contribution >= 4 is 16.9 Å². The van der Waals surface area contributed by atoms with Gasteiger partial charge in [-0.1, -0.05) is 29.8 Å². The summed E-state index contributed by atoms with van der Waals surface area (Å²) in [6.45, 7) is 3.03. The molecule has 0 aliphatic carbocycles. The zero-order valence-electron chi connectivity index (χ0n) is 16.0. The standard InChI is InChI=1S/C23H20FNO4/c1-13-4-6-14(7-5-13)20-19-21(26)17-11-15(24)8-9-18(17)29-22(19)23(27)25(20)12-16-3-2-10-28-16/h4-9,11,16,20H,2-3,10,12H2,1H3/t16-,20-/m0/s1. The lowest BCUT2D eigenvalue weighted by Gasteiger charge is -2.27. The quantitative estimate of drug-likeness (QED) is 0.676. The van der Waals surface area contributed by atoms with Crippen molar-refractivity contribution in [2.75, 3.05) is 13.2 Å². The second kappa shape index (κ2) is 6.81. The predicted molar refractivity (Wildman–Crippen MR) is 105 cm³/mol. The maximum atomic E-state index is 13.8. The molecule has 2 aliphatic heterocycles. The van der Waals surface area contributed by atoms with Crippen molar-refractivity contribution in [3.8, 4) is 0 Å². The number of aryl methyl sites for hydroxylation is 1. The zero-order chi connectivity index (χ0) is 20.1. The maximum absolute atomic E-state index is 13.8. The zero-order valence-corrected chi connectivity index (χ0v) is 16.0. The summed E-state index contributed by atoms with van der Waals surface area (Å²) in [5.41, 5.74) is 2.02. The van der Waals surface area contributed by atoms with Gasteiger partial charge in [-0.2, -0.15) is 0 Å². The molecule has 0 bridgehead atoms. The summed E-state index contributed by atoms with van der Waals surface area (Å²) in [7, 11) is 0. The van der Waals surface area contributed by atoms with Crippen LogP contribution >= 0.6 is 0 Å². The van der Waals surface area contributed by atoms with Crippen LogP contribution in [-0.2, 0) is 4.74 Å². The lowest BCUT2D eigenvalue weighted by molar-refractivity contribution is 0.0486. The Hall–Kier alpha value is -2.99. The first-order chi connectivity index (χ1) is 14.0. The van der Waals surface area contributed by atoms with Gasteiger partial charge in [0.2, 0.25) is 5.76 Å². The molecule has 2 aliphatic rings. The number of nitrogens with zero attached hydrogens (tertiary/aromatic N) is 1. The molecule has 0 saturated carbocycles. The van der Waals surface area contributed by atoms with Crippen molar-refractivity contribution in [3.63, 3.8) is 0 Å². The predicted octanol–water partition coefficient (Wildman–Crippen LogP) is 3.96. The van der Waals surface area contributed by atoms with E-state index in [1.165, 1.54) is 18.2 Å². The molecule has 2 aromatic carbocycles. The largest absolute Gasteiger partial charge is 0.450 e. The smallest absolute Gasteiger partial charge is 0.291 e. The van der Waals surface area contributed by atoms with E-state index in [4.69, 9.17) is 9.15 Å². The number of hydrogen-bond acceptors (Lipinski definition) is 4. The minimum atomic E-state index is -0.578. The van der Waals surface area contributed by atoms with Gasteiger partial charge in [0.05, 0.1) is 23.1 Å². The molecule has 0 radical (unpaired) electrons. The Morgan fingerprint density at radius 2 is 1.93 bits per heavy atom. The minimum Gasteiger partial charge on any atom is -0.450 e. The van der Waals surface area contributed by atoms with Crippen LogP contribution < -0.4 is 5.43 Å². The molecule has 5 rings (SSSR count). The van der Waals surface area contributed by atoms with Crippen molar-refractivity contribution < 1.29 is 18.3 Å². The van der Waals surface area contributed by atoms with E-state index in [0.717, 1.165) is 24.0 Å². The normalized spacial score (nSPS) is 21.2. The molecule has 1 saturated heterocycles. The fraction of sp³-hybridized carbons (Fsp3) is 0.304. The van der Waals surface area contributed by atoms with Gasteiger partial charge in [0.1, 0.15) is 11.4 Å². The summed E-state index contributed by atoms with van der Waals surface area (Å²) >= 11 is 0. The molecular weight excluding hydrogens is 373 g/mol. The van der Waals surface area contributed by atoms with Gasteiger partial charge in [0.25, 0.3) is 5.91 Å². The van der Waals surface area contributed by atoms with E-state index in [0.29, 0.717) is 13.2 Å². The van der Waals surface area contributed by atoms with Crippen LogP contribution in [0.1, 0.15) is 46.1 Å². The Morgan fingerprint density at radius 3 is 2.66 bits per heavy atom. The van der Waals surface area contributed by atoms with Crippen LogP contribution in [0, 0.1) is 12.7 Å². The monoisotopic (exact) mass is 393 g/mol. The molecule has 0 spiro atoms. The second-order valence-electron chi connectivity index (χ2n) is 7.72. The summed E-state index contributed by atoms with van der Waals surface area (Å²) in [5, 5.41) is 0.146. The lowest BCUT2D eigenvalue weighted by Crippen LogP contribution is -2.36. The lowest BCUT2D eigenvalue weighted by atomic mass is 9.97. The third kappa shape index (κ3) is 2.95. The summed E-state index contributed by atoms with van der Waals surface area (Å²) in [4.78, 5) is 28.2. The Bertz CT molecular complexity index is 1160. The highest BCUT2D eigenvalue weighted by Gasteiger charge is 2.43. The Balaban J connectivity index is 1.71. The minimum absolute atomic E-state index is 0.0395. The molecule has 148 valence electrons. The fourth-order valence-electron chi connectivity index (χ4n) is 4.28. The summed E-state index contributed by atoms with van der Waals surface area (Å²) in [6.07, 6.45) is 1.76. The maximum Gasteiger partial charge on any atom is 0.291 e. The van der Waals surface area contributed by atoms with Crippen molar-refractivity contribution in [1.82, 2.24) is 4.90 Å². The number of amides is 1. The van der Waals surface area contributed by atoms with Gasteiger partial charge in [-0.15, -0.1) is 0 Å². The first kappa shape index (κ1) is 18.1. The molecule has 3 aromatic rings. The van der Waals surface area contributed by atoms with Crippen molar-refractivity contribution in [3.05, 3.63) is 81.0 Å². The first-order valence-electron chi connectivity index (χ1n) is 9.78. The number of fused-ring (bicyclic) bond motifs is 2. The Morgan fingerprint density at radius 1 is 1.14 bits per heavy atom. The number of hydrogen-bond donors (Lipinski definition) is 0. The molecule has 29 heavy (non-hydrogen) atoms. The second-order valence-corrected chi connectivity index (χ2v) is 7.72. The van der Waals surface area contributed by atoms with Crippen LogP contribution in [0.3, 0.4) is 0 Å². The van der Waals surface area contributed by atoms with Crippen LogP contribution in [0.25, 0.3) is 11.0 Å². The average Bonchev–Trinajstić information content (AvgIpc) is 3.32. The highest BCUT2D eigenvalue weighted by Crippen LogP contribution is 2.39. The summed E-state index contributed by atoms with van der Waals surface area (Å²) in [6, 6.07) is 10.9. The third-order valence-corrected chi connectivity index (χ3v) is 5.75. The SMILES string of the molecule is Cc1ccc([C@H]2c3c(oc4ccc(F)cc4c3=O)C(=O)N2C[C@@H]2CCCO2)cc1. The Labute approximate surface area is 166 Å². The molecule has 1 fully saturated rings. The molecular formula is C23H20FNO4. The van der Waals surface area contributed by atoms with Gasteiger partial charge < -0.3 is 14.1 Å². The Kier molecular flexibility index (Phi) is 4.24. The van der Waals surface area contributed by atoms with Crippen molar-refractivity contribution in [2.45, 2.75) is 31.9 Å². The van der Waals surface area contributed by atoms with Crippen LogP contribution in [0.4, 0.5) is 4.39 Å². The highest BCUT2D eigenvalue weighted by atomic mass is 19.1. The summed E-state index contributed by atoms with van der Waals surface area (Å²) < 4.78 is 25.3. The van der Waals surface area contributed by atoms with Crippen LogP contribution in [0.2, 0.25) is 0 Å². The van der Waals surface area contributed by atoms with Crippen molar-refractivity contribution in [2.24, 2.45) is 0 Å². The van der Waals surface area contributed by atoms with E-state index < -0.39 is 11.9 Å². The van der Waals surface area contributed by atoms with Crippen molar-refractivity contribution in [1.29, 1.82) is 0 Å². The molecule has 5 nitrogen and oxygen atoms in total. The number of rotatable bonds is 3. The van der Waals surface area contributed by atoms with Crippen LogP contribution in [0.5, 0.6) is 0 Å². The summed E-state index contributed by atoms with van der Waals surface area (Å²) in [5.74, 6) is -0.806. The molecule has 1 aromatic heterocycles. The van der Waals surface area contributed by atoms with E-state index in [2.05, 4.69) is 0 Å². The van der Waals surface area contributed by atoms with E-state index in [9.17, 15) is 14.0 Å². The topological polar surface area (TPSA) is 59.8 Å². The first-order valence-corrected chi connectivity index (χ1v) is 9.78. The third-order valence-electron chi connectivity index (χ3n) is 5.75. The van der Waals surface area contributed by atoms with Crippen LogP contribution in [0.15, 0.2) is 51.7 Å². The van der Waals surface area contributed by atoms with E-state index in [1.54, 1.807) is 4.90 Å². The number of benzene rings is 2. The molecule has 6 heteroatoms. The van der Waals surface area contributed by atoms with Gasteiger partial charge >= 0.3 is 0 Å². The van der Waals surface area contributed by atoms with E-state index in [1.807, 2.05) is 31.2 Å². The van der Waals surface area contributed by atoms with Gasteiger partial charge in [-0.25, -0.2) is 4.39 Å². The van der Waals surface area contributed by atoms with E-state index >= 15 is 0 Å². The van der Waals surface area contributed by atoms with E-state index in [-0.39, 0.29) is 39.7 Å². The van der Waals surface area contributed by atoms with Gasteiger partial charge in [0, 0.05) is 13.2 Å². The number of carbonyl (C=O) groups excluding carboxylic acids is 1. The number of carbonyl (C=O) groups is 1. The highest BCUT2D eigenvalue weighted by molar-refractivity contribution is 5.99. The molecule has 2 atom stereocenters. The number of ether oxygens (including phenoxy) is 1. The number of halogens is 1. The van der Waals surface area contributed by atoms with Crippen LogP contribution in [-0.4, -0.2) is 30.1 Å². The molecule has 0 unspecified atom stereocenters. The molecule has 0 N–H and O–H groups in total. The molecule has 3 heterocycles. The average molecular weight is 393 g/mol. The molecule has 1 amide bonds. The van der Waals surface area contributed by atoms with Gasteiger partial charge in [-0.05, 0) is 43.5 Å². The fourth-order valence-corrected chi connectivity index (χ4v) is 4.28. The van der Waals surface area contributed by atoms with Gasteiger partial charge in [-0.3, -0.25) is 9.59 Å².